The molecule has 0 aromatic heterocycles. The molecule has 5 nitrogen and oxygen atoms in total. The summed E-state index contributed by atoms with van der Waals surface area (Å²) in [6.07, 6.45) is 1.11. The molecule has 1 aromatic rings. The van der Waals surface area contributed by atoms with Gasteiger partial charge in [-0.2, -0.15) is 0 Å². The number of nitrogens with one attached hydrogen (secondary N) is 1. The van der Waals surface area contributed by atoms with Gasteiger partial charge in [0.25, 0.3) is 0 Å². The first-order chi connectivity index (χ1) is 8.54. The van der Waals surface area contributed by atoms with Gasteiger partial charge in [0, 0.05) is 12.6 Å². The van der Waals surface area contributed by atoms with Crippen molar-refractivity contribution < 1.29 is 19.7 Å². The number of anilines is 1. The zero-order valence-electron chi connectivity index (χ0n) is 10.6. The highest BCUT2D eigenvalue weighted by Crippen LogP contribution is 2.22. The lowest BCUT2D eigenvalue weighted by atomic mass is 10.1. The molecule has 0 fully saturated rings. The molecule has 0 bridgehead atoms. The first-order valence-corrected chi connectivity index (χ1v) is 5.88. The zero-order valence-corrected chi connectivity index (χ0v) is 10.6. The van der Waals surface area contributed by atoms with E-state index in [0.29, 0.717) is 24.4 Å². The van der Waals surface area contributed by atoms with E-state index in [2.05, 4.69) is 5.32 Å². The van der Waals surface area contributed by atoms with Crippen LogP contribution in [0, 0.1) is 0 Å². The monoisotopic (exact) mass is 253 g/mol. The quantitative estimate of drug-likeness (QED) is 0.647. The highest BCUT2D eigenvalue weighted by atomic mass is 16.5. The minimum atomic E-state index is -0.976. The number of carbonyl (C=O) groups is 1. The van der Waals surface area contributed by atoms with Crippen LogP contribution in [0.3, 0.4) is 0 Å². The molecule has 0 aliphatic carbocycles. The summed E-state index contributed by atoms with van der Waals surface area (Å²) in [6, 6.07) is 4.79. The molecular weight excluding hydrogens is 234 g/mol. The van der Waals surface area contributed by atoms with Gasteiger partial charge in [0.2, 0.25) is 0 Å². The molecule has 1 atom stereocenters. The van der Waals surface area contributed by atoms with Gasteiger partial charge in [-0.05, 0) is 31.9 Å². The van der Waals surface area contributed by atoms with Crippen molar-refractivity contribution in [1.29, 1.82) is 0 Å². The smallest absolute Gasteiger partial charge is 0.337 e. The summed E-state index contributed by atoms with van der Waals surface area (Å²) >= 11 is 0. The minimum absolute atomic E-state index is 0.216. The molecule has 100 valence electrons. The lowest BCUT2D eigenvalue weighted by Crippen LogP contribution is -2.10. The number of carboxylic acids is 1. The Morgan fingerprint density at radius 2 is 2.22 bits per heavy atom. The van der Waals surface area contributed by atoms with Crippen LogP contribution >= 0.6 is 0 Å². The van der Waals surface area contributed by atoms with Gasteiger partial charge in [-0.25, -0.2) is 4.79 Å². The second-order valence-corrected chi connectivity index (χ2v) is 4.13. The molecule has 1 rings (SSSR count). The highest BCUT2D eigenvalue weighted by Gasteiger charge is 2.10. The molecule has 0 amide bonds. The number of hydrogen-bond acceptors (Lipinski definition) is 4. The Kier molecular flexibility index (Phi) is 5.45. The third-order valence-electron chi connectivity index (χ3n) is 2.57. The summed E-state index contributed by atoms with van der Waals surface area (Å²) in [4.78, 5) is 11.0. The lowest BCUT2D eigenvalue weighted by Gasteiger charge is -2.11. The predicted octanol–water partition coefficient (Wildman–Crippen LogP) is 1.97. The van der Waals surface area contributed by atoms with Gasteiger partial charge < -0.3 is 20.3 Å². The number of aliphatic hydroxyl groups is 1. The number of aromatic carboxylic acids is 1. The Labute approximate surface area is 106 Å². The van der Waals surface area contributed by atoms with Crippen LogP contribution in [0.1, 0.15) is 30.1 Å². The fourth-order valence-electron chi connectivity index (χ4n) is 1.60. The number of rotatable bonds is 7. The third kappa shape index (κ3) is 4.25. The Morgan fingerprint density at radius 3 is 2.78 bits per heavy atom. The zero-order chi connectivity index (χ0) is 13.5. The Morgan fingerprint density at radius 1 is 1.50 bits per heavy atom. The van der Waals surface area contributed by atoms with E-state index in [4.69, 9.17) is 14.9 Å². The molecule has 1 aromatic carbocycles. The summed E-state index contributed by atoms with van der Waals surface area (Å²) in [5, 5.41) is 21.2. The molecule has 0 aliphatic rings. The van der Waals surface area contributed by atoms with Crippen LogP contribution in [0.5, 0.6) is 5.75 Å². The van der Waals surface area contributed by atoms with Crippen molar-refractivity contribution in [2.75, 3.05) is 19.0 Å². The molecule has 0 spiro atoms. The molecule has 0 aliphatic heterocycles. The normalized spacial score (nSPS) is 11.9. The standard InChI is InChI=1S/C13H19NO4/c1-9(15)4-3-7-14-12-8-10(18-2)5-6-11(12)13(16)17/h5-6,8-9,14-15H,3-4,7H2,1-2H3,(H,16,17). The van der Waals surface area contributed by atoms with Crippen LogP contribution in [0.25, 0.3) is 0 Å². The van der Waals surface area contributed by atoms with Crippen molar-refractivity contribution in [1.82, 2.24) is 0 Å². The van der Waals surface area contributed by atoms with E-state index in [9.17, 15) is 4.79 Å². The first-order valence-electron chi connectivity index (χ1n) is 5.88. The molecule has 3 N–H and O–H groups in total. The topological polar surface area (TPSA) is 78.8 Å². The van der Waals surface area contributed by atoms with Gasteiger partial charge in [0.1, 0.15) is 5.75 Å². The molecular formula is C13H19NO4. The van der Waals surface area contributed by atoms with Crippen molar-refractivity contribution in [3.05, 3.63) is 23.8 Å². The molecule has 1 unspecified atom stereocenters. The summed E-state index contributed by atoms with van der Waals surface area (Å²) < 4.78 is 5.06. The van der Waals surface area contributed by atoms with Crippen molar-refractivity contribution in [3.8, 4) is 5.75 Å². The van der Waals surface area contributed by atoms with Gasteiger partial charge in [0.05, 0.1) is 24.5 Å². The molecule has 0 heterocycles. The largest absolute Gasteiger partial charge is 0.497 e. The van der Waals surface area contributed by atoms with Crippen LogP contribution in [0.4, 0.5) is 5.69 Å². The fraction of sp³-hybridized carbons (Fsp3) is 0.462. The number of methoxy groups -OCH3 is 1. The van der Waals surface area contributed by atoms with Gasteiger partial charge in [0.15, 0.2) is 0 Å². The Hall–Kier alpha value is -1.75. The van der Waals surface area contributed by atoms with Gasteiger partial charge in [-0.1, -0.05) is 0 Å². The maximum absolute atomic E-state index is 11.0. The van der Waals surface area contributed by atoms with E-state index in [1.165, 1.54) is 13.2 Å². The predicted molar refractivity (Wildman–Crippen MR) is 69.4 cm³/mol. The molecule has 0 saturated carbocycles. The van der Waals surface area contributed by atoms with Crippen LogP contribution in [-0.4, -0.2) is 35.9 Å². The van der Waals surface area contributed by atoms with Gasteiger partial charge in [-0.15, -0.1) is 0 Å². The van der Waals surface area contributed by atoms with E-state index in [1.54, 1.807) is 19.1 Å². The van der Waals surface area contributed by atoms with Crippen molar-refractivity contribution in [2.24, 2.45) is 0 Å². The SMILES string of the molecule is COc1ccc(C(=O)O)c(NCCCC(C)O)c1. The summed E-state index contributed by atoms with van der Waals surface area (Å²) in [5.74, 6) is -0.367. The van der Waals surface area contributed by atoms with Gasteiger partial charge in [-0.3, -0.25) is 0 Å². The Balaban J connectivity index is 2.69. The maximum atomic E-state index is 11.0. The number of carboxylic acid groups (broad SMARTS) is 1. The second kappa shape index (κ2) is 6.86. The number of benzene rings is 1. The average molecular weight is 253 g/mol. The fourth-order valence-corrected chi connectivity index (χ4v) is 1.60. The molecule has 0 saturated heterocycles. The Bertz CT molecular complexity index is 404. The highest BCUT2D eigenvalue weighted by molar-refractivity contribution is 5.94. The summed E-state index contributed by atoms with van der Waals surface area (Å²) in [6.45, 7) is 2.34. The number of ether oxygens (including phenoxy) is 1. The third-order valence-corrected chi connectivity index (χ3v) is 2.57. The molecule has 18 heavy (non-hydrogen) atoms. The lowest BCUT2D eigenvalue weighted by molar-refractivity contribution is 0.0698. The maximum Gasteiger partial charge on any atom is 0.337 e. The number of hydrogen-bond donors (Lipinski definition) is 3. The van der Waals surface area contributed by atoms with Crippen LogP contribution < -0.4 is 10.1 Å². The van der Waals surface area contributed by atoms with E-state index in [0.717, 1.165) is 6.42 Å². The van der Waals surface area contributed by atoms with E-state index >= 15 is 0 Å². The van der Waals surface area contributed by atoms with Crippen molar-refractivity contribution in [2.45, 2.75) is 25.9 Å². The van der Waals surface area contributed by atoms with E-state index < -0.39 is 5.97 Å². The number of aliphatic hydroxyl groups excluding tert-OH is 1. The van der Waals surface area contributed by atoms with Crippen LogP contribution in [0.2, 0.25) is 0 Å². The average Bonchev–Trinajstić information content (AvgIpc) is 2.33. The van der Waals surface area contributed by atoms with Crippen LogP contribution in [0.15, 0.2) is 18.2 Å². The van der Waals surface area contributed by atoms with E-state index in [1.807, 2.05) is 0 Å². The second-order valence-electron chi connectivity index (χ2n) is 4.13. The summed E-state index contributed by atoms with van der Waals surface area (Å²) in [5.41, 5.74) is 0.750. The first kappa shape index (κ1) is 14.3. The van der Waals surface area contributed by atoms with Crippen molar-refractivity contribution >= 4 is 11.7 Å². The molecule has 5 heteroatoms. The summed E-state index contributed by atoms with van der Waals surface area (Å²) in [7, 11) is 1.53. The van der Waals surface area contributed by atoms with E-state index in [-0.39, 0.29) is 11.7 Å². The van der Waals surface area contributed by atoms with Crippen molar-refractivity contribution in [3.63, 3.8) is 0 Å². The van der Waals surface area contributed by atoms with Gasteiger partial charge >= 0.3 is 5.97 Å². The minimum Gasteiger partial charge on any atom is -0.497 e. The molecule has 0 radical (unpaired) electrons. The van der Waals surface area contributed by atoms with Crippen LogP contribution in [-0.2, 0) is 0 Å².